The average molecular weight is 443 g/mol. The molecule has 11 heteroatoms. The van der Waals surface area contributed by atoms with Crippen molar-refractivity contribution in [3.8, 4) is 0 Å². The highest BCUT2D eigenvalue weighted by Crippen LogP contribution is 2.35. The van der Waals surface area contributed by atoms with Gasteiger partial charge >= 0.3 is 7.71 Å². The van der Waals surface area contributed by atoms with Crippen molar-refractivity contribution in [3.05, 3.63) is 19.8 Å². The molecule has 0 saturated carbocycles. The van der Waals surface area contributed by atoms with Gasteiger partial charge in [-0.3, -0.25) is 0 Å². The molecule has 1 fully saturated rings. The molecular formula is C17H37N2O7SSi+. The molecule has 0 aromatic heterocycles. The number of ether oxygens (including phenoxy) is 5. The summed E-state index contributed by atoms with van der Waals surface area (Å²) in [6.45, 7) is 8.85. The molecule has 0 radical (unpaired) electrons. The molecule has 0 aliphatic carbocycles. The van der Waals surface area contributed by atoms with Gasteiger partial charge in [0.1, 0.15) is 0 Å². The van der Waals surface area contributed by atoms with Crippen molar-refractivity contribution in [2.24, 2.45) is 0 Å². The Morgan fingerprint density at radius 3 is 1.79 bits per heavy atom. The van der Waals surface area contributed by atoms with Crippen LogP contribution in [0.15, 0.2) is 12.7 Å². The molecule has 1 atom stereocenters. The van der Waals surface area contributed by atoms with Gasteiger partial charge in [-0.2, -0.15) is 0 Å². The first-order valence-electron chi connectivity index (χ1n) is 8.97. The molecule has 166 valence electrons. The molecule has 1 heterocycles. The first-order chi connectivity index (χ1) is 13.7. The van der Waals surface area contributed by atoms with Crippen LogP contribution in [-0.2, 0) is 32.5 Å². The Balaban J connectivity index is -0.000000473. The van der Waals surface area contributed by atoms with Crippen molar-refractivity contribution in [3.63, 3.8) is 0 Å². The van der Waals surface area contributed by atoms with Crippen LogP contribution in [-0.4, -0.2) is 87.1 Å². The van der Waals surface area contributed by atoms with Crippen LogP contribution in [0.2, 0.25) is 6.04 Å². The predicted molar refractivity (Wildman–Crippen MR) is 112 cm³/mol. The summed E-state index contributed by atoms with van der Waals surface area (Å²) in [5.41, 5.74) is 0. The third kappa shape index (κ3) is 18.7. The maximum atomic E-state index is 6.00. The molecular weight excluding hydrogens is 404 g/mol. The molecule has 1 unspecified atom stereocenters. The average Bonchev–Trinajstić information content (AvgIpc) is 3.23. The number of methoxy groups -OCH3 is 1. The maximum Gasteiger partial charge on any atom is 0.460 e. The Kier molecular flexibility index (Phi) is 25.7. The smallest absolute Gasteiger partial charge is 0.387 e. The number of hydrogen-bond acceptors (Lipinski definition) is 10. The lowest BCUT2D eigenvalue weighted by Gasteiger charge is -2.13. The van der Waals surface area contributed by atoms with Gasteiger partial charge in [0, 0.05) is 32.5 Å². The van der Waals surface area contributed by atoms with Gasteiger partial charge < -0.3 is 28.1 Å². The Bertz CT molecular complexity index is 349. The molecule has 0 aromatic rings. The van der Waals surface area contributed by atoms with Gasteiger partial charge in [-0.1, -0.05) is 6.08 Å². The van der Waals surface area contributed by atoms with Crippen LogP contribution in [0.3, 0.4) is 0 Å². The molecule has 28 heavy (non-hydrogen) atoms. The molecule has 0 bridgehead atoms. The minimum Gasteiger partial charge on any atom is -0.387 e. The molecule has 0 amide bonds. The third-order valence-corrected chi connectivity index (χ3v) is 9.62. The van der Waals surface area contributed by atoms with Crippen LogP contribution in [0.1, 0.15) is 7.85 Å². The van der Waals surface area contributed by atoms with E-state index in [0.29, 0.717) is 59.5 Å². The van der Waals surface area contributed by atoms with Gasteiger partial charge in [-0.15, -0.1) is 17.8 Å². The van der Waals surface area contributed by atoms with Gasteiger partial charge in [0.15, 0.2) is 0 Å². The zero-order valence-electron chi connectivity index (χ0n) is 17.1. The fourth-order valence-electron chi connectivity index (χ4n) is 1.89. The lowest BCUT2D eigenvalue weighted by atomic mass is 10.6. The summed E-state index contributed by atoms with van der Waals surface area (Å²) in [6.07, 6.45) is 2.94. The van der Waals surface area contributed by atoms with Gasteiger partial charge in [-0.25, -0.2) is 4.43 Å². The second-order valence-electron chi connectivity index (χ2n) is 5.18. The minimum absolute atomic E-state index is 0. The number of hydrogen-bond donors (Lipinski definition) is 0. The highest BCUT2D eigenvalue weighted by Gasteiger charge is 2.44. The van der Waals surface area contributed by atoms with Crippen molar-refractivity contribution in [1.29, 1.82) is 10.8 Å². The molecule has 0 N–H and O–H groups in total. The fraction of sp³-hybridized carbons (Fsp3) is 0.824. The van der Waals surface area contributed by atoms with Crippen LogP contribution < -0.4 is 0 Å². The third-order valence-electron chi connectivity index (χ3n) is 3.26. The summed E-state index contributed by atoms with van der Waals surface area (Å²) in [5.74, 6) is 1.18. The maximum absolute atomic E-state index is 6.00. The molecule has 1 rings (SSSR count). The Morgan fingerprint density at radius 2 is 1.46 bits per heavy atom. The molecule has 0 spiro atoms. The van der Waals surface area contributed by atoms with E-state index in [1.165, 1.54) is 12.2 Å². The Morgan fingerprint density at radius 1 is 0.964 bits per heavy atom. The van der Waals surface area contributed by atoms with E-state index in [0.717, 1.165) is 6.04 Å². The second-order valence-corrected chi connectivity index (χ2v) is 11.2. The Labute approximate surface area is 175 Å². The lowest BCUT2D eigenvalue weighted by Crippen LogP contribution is -2.31. The summed E-state index contributed by atoms with van der Waals surface area (Å²) in [4.78, 5) is 0. The van der Waals surface area contributed by atoms with Crippen LogP contribution in [0.5, 0.6) is 0 Å². The van der Waals surface area contributed by atoms with E-state index in [4.69, 9.17) is 43.3 Å². The SMILES string of the molecule is C=CCOCCOCCOCCOCCOC.N#N.[2HH].[CH2+]O[Si]1(OC)CCCS1. The topological polar surface area (TPSA) is 112 Å². The number of rotatable bonds is 16. The van der Waals surface area contributed by atoms with E-state index in [1.54, 1.807) is 20.3 Å². The highest BCUT2D eigenvalue weighted by molar-refractivity contribution is 8.27. The summed E-state index contributed by atoms with van der Waals surface area (Å²) >= 11 is 1.82. The molecule has 1 aliphatic rings. The van der Waals surface area contributed by atoms with E-state index < -0.39 is 7.71 Å². The predicted octanol–water partition coefficient (Wildman–Crippen LogP) is 2.68. The fourth-order valence-corrected chi connectivity index (χ4v) is 7.00. The molecule has 0 aromatic carbocycles. The van der Waals surface area contributed by atoms with Crippen LogP contribution >= 0.6 is 11.2 Å². The lowest BCUT2D eigenvalue weighted by molar-refractivity contribution is -0.00577. The van der Waals surface area contributed by atoms with Crippen LogP contribution in [0.4, 0.5) is 0 Å². The van der Waals surface area contributed by atoms with Gasteiger partial charge in [0.05, 0.1) is 59.5 Å². The summed E-state index contributed by atoms with van der Waals surface area (Å²) in [6, 6.07) is 1.09. The summed E-state index contributed by atoms with van der Waals surface area (Å²) in [7, 11) is 5.02. The van der Waals surface area contributed by atoms with E-state index in [-0.39, 0.29) is 1.43 Å². The monoisotopic (exact) mass is 442 g/mol. The molecule has 9 nitrogen and oxygen atoms in total. The standard InChI is InChI=1S/C12H24O5.C5H11O2SSi.N2.H2/c1-3-4-14-7-8-16-11-12-17-10-9-15-6-5-13-2;1-6-9(7-2)5-3-4-8-9;1-2;/h3H,1,4-12H2,2H3;1,3-5H2,2H3;;1H/q;+1;;/i;;;1+1. The summed E-state index contributed by atoms with van der Waals surface area (Å²) in [5, 5.41) is 12.0. The zero-order chi connectivity index (χ0) is 21.3. The van der Waals surface area contributed by atoms with Gasteiger partial charge in [0.2, 0.25) is 7.11 Å². The van der Waals surface area contributed by atoms with Gasteiger partial charge in [-0.05, 0) is 12.2 Å². The van der Waals surface area contributed by atoms with E-state index in [2.05, 4.69) is 13.7 Å². The quantitative estimate of drug-likeness (QED) is 0.116. The van der Waals surface area contributed by atoms with E-state index in [9.17, 15) is 0 Å². The van der Waals surface area contributed by atoms with Crippen molar-refractivity contribution in [1.82, 2.24) is 0 Å². The normalized spacial score (nSPS) is 17.9. The first-order valence-corrected chi connectivity index (χ1v) is 12.7. The summed E-state index contributed by atoms with van der Waals surface area (Å²) < 4.78 is 36.1. The van der Waals surface area contributed by atoms with Crippen molar-refractivity contribution < 1.29 is 34.0 Å². The van der Waals surface area contributed by atoms with Crippen molar-refractivity contribution in [2.75, 3.05) is 79.4 Å². The van der Waals surface area contributed by atoms with E-state index in [1.807, 2.05) is 11.2 Å². The first kappa shape index (κ1) is 29.5. The van der Waals surface area contributed by atoms with E-state index >= 15 is 0 Å². The van der Waals surface area contributed by atoms with Crippen LogP contribution in [0.25, 0.3) is 0 Å². The largest absolute Gasteiger partial charge is 0.460 e. The molecule has 1 aliphatic heterocycles. The minimum atomic E-state index is -1.77. The Hall–Kier alpha value is -0.683. The number of nitrogens with zero attached hydrogens (tertiary/aromatic N) is 2. The van der Waals surface area contributed by atoms with Crippen molar-refractivity contribution in [2.45, 2.75) is 12.5 Å². The zero-order valence-corrected chi connectivity index (χ0v) is 19.0. The van der Waals surface area contributed by atoms with Gasteiger partial charge in [0.25, 0.3) is 0 Å². The van der Waals surface area contributed by atoms with Crippen LogP contribution in [0, 0.1) is 17.9 Å². The van der Waals surface area contributed by atoms with Crippen molar-refractivity contribution >= 4 is 18.9 Å². The second kappa shape index (κ2) is 24.4. The highest BCUT2D eigenvalue weighted by atomic mass is 32.4. The molecule has 1 saturated heterocycles.